The van der Waals surface area contributed by atoms with Crippen LogP contribution in [0.15, 0.2) is 47.1 Å². The summed E-state index contributed by atoms with van der Waals surface area (Å²) in [7, 11) is 1.78. The van der Waals surface area contributed by atoms with Crippen LogP contribution in [-0.4, -0.2) is 24.7 Å². The highest BCUT2D eigenvalue weighted by atomic mass is 16.5. The number of hydrogen-bond acceptors (Lipinski definition) is 3. The summed E-state index contributed by atoms with van der Waals surface area (Å²) in [6, 6.07) is 8.45. The van der Waals surface area contributed by atoms with Gasteiger partial charge in [-0.05, 0) is 78.7 Å². The second-order valence-electron chi connectivity index (χ2n) is 10.0. The Kier molecular flexibility index (Phi) is 4.83. The molecule has 4 aliphatic rings. The fourth-order valence-corrected chi connectivity index (χ4v) is 7.40. The number of allylic oxidation sites excluding steroid dienone is 4. The number of fused-ring (bicyclic) bond motifs is 4. The topological polar surface area (TPSA) is 50.2 Å². The van der Waals surface area contributed by atoms with E-state index in [-0.39, 0.29) is 17.1 Å². The van der Waals surface area contributed by atoms with E-state index in [1.54, 1.807) is 12.7 Å². The minimum atomic E-state index is -0.514. The lowest BCUT2D eigenvalue weighted by atomic mass is 9.51. The molecule has 2 saturated carbocycles. The third-order valence-corrected chi connectivity index (χ3v) is 8.94. The third kappa shape index (κ3) is 2.84. The molecule has 5 unspecified atom stereocenters. The highest BCUT2D eigenvalue weighted by molar-refractivity contribution is 5.93. The van der Waals surface area contributed by atoms with Gasteiger partial charge in [-0.1, -0.05) is 42.7 Å². The molecule has 2 fully saturated rings. The van der Waals surface area contributed by atoms with Gasteiger partial charge in [-0.15, -0.1) is 6.42 Å². The number of methoxy groups -OCH3 is 1. The van der Waals surface area contributed by atoms with E-state index in [2.05, 4.69) is 25.0 Å². The molecule has 31 heavy (non-hydrogen) atoms. The van der Waals surface area contributed by atoms with Crippen LogP contribution in [0.2, 0.25) is 0 Å². The van der Waals surface area contributed by atoms with Crippen molar-refractivity contribution in [3.8, 4) is 12.3 Å². The Morgan fingerprint density at radius 3 is 2.65 bits per heavy atom. The highest BCUT2D eigenvalue weighted by Crippen LogP contribution is 2.67. The summed E-state index contributed by atoms with van der Waals surface area (Å²) in [4.78, 5) is 12.1. The number of carbonyl (C=O) groups excluding carboxylic acids is 1. The molecule has 1 aromatic rings. The van der Waals surface area contributed by atoms with Crippen LogP contribution in [0.4, 0.5) is 0 Å². The van der Waals surface area contributed by atoms with Crippen molar-refractivity contribution >= 4 is 12.0 Å². The summed E-state index contributed by atoms with van der Waals surface area (Å²) in [6.45, 7) is 2.37. The van der Waals surface area contributed by atoms with Gasteiger partial charge in [-0.3, -0.25) is 4.79 Å². The summed E-state index contributed by atoms with van der Waals surface area (Å²) in [6.07, 6.45) is 16.0. The standard InChI is InChI=1S/C28H31NO2/c1-4-28(31-3)14-13-25-23-11-9-20-15-21(30)10-12-22(20)26(23)24(16-27(25,28)2)19-7-5-18(17-29)6-8-19/h1,5-8,15,17,23-25,29H,9-14,16H2,2-3H3. The first-order valence-corrected chi connectivity index (χ1v) is 11.6. The summed E-state index contributed by atoms with van der Waals surface area (Å²) < 4.78 is 6.10. The smallest absolute Gasteiger partial charge is 0.156 e. The van der Waals surface area contributed by atoms with E-state index < -0.39 is 5.60 Å². The molecule has 0 aromatic heterocycles. The molecule has 0 radical (unpaired) electrons. The molecule has 0 aliphatic heterocycles. The number of benzene rings is 1. The summed E-state index contributed by atoms with van der Waals surface area (Å²) in [5.74, 6) is 4.66. The molecule has 0 bridgehead atoms. The van der Waals surface area contributed by atoms with E-state index in [0.717, 1.165) is 44.1 Å². The van der Waals surface area contributed by atoms with Gasteiger partial charge in [0.15, 0.2) is 5.78 Å². The number of terminal acetylenes is 1. The zero-order valence-electron chi connectivity index (χ0n) is 18.5. The summed E-state index contributed by atoms with van der Waals surface area (Å²) in [5.41, 5.74) is 5.92. The van der Waals surface area contributed by atoms with Crippen molar-refractivity contribution in [1.82, 2.24) is 0 Å². The molecule has 4 aliphatic carbocycles. The van der Waals surface area contributed by atoms with Crippen LogP contribution in [-0.2, 0) is 9.53 Å². The van der Waals surface area contributed by atoms with Gasteiger partial charge in [0.2, 0.25) is 0 Å². The van der Waals surface area contributed by atoms with Gasteiger partial charge in [-0.2, -0.15) is 0 Å². The minimum absolute atomic E-state index is 0.0815. The van der Waals surface area contributed by atoms with Crippen molar-refractivity contribution in [2.75, 3.05) is 7.11 Å². The van der Waals surface area contributed by atoms with Crippen molar-refractivity contribution in [2.24, 2.45) is 17.3 Å². The maximum atomic E-state index is 12.1. The van der Waals surface area contributed by atoms with Crippen LogP contribution in [0.25, 0.3) is 0 Å². The van der Waals surface area contributed by atoms with Crippen LogP contribution < -0.4 is 0 Å². The monoisotopic (exact) mass is 413 g/mol. The van der Waals surface area contributed by atoms with Crippen LogP contribution in [0, 0.1) is 35.0 Å². The van der Waals surface area contributed by atoms with Gasteiger partial charge >= 0.3 is 0 Å². The molecule has 5 rings (SSSR count). The van der Waals surface area contributed by atoms with Crippen LogP contribution in [0.1, 0.15) is 68.9 Å². The highest BCUT2D eigenvalue weighted by Gasteiger charge is 2.63. The molecule has 1 aromatic carbocycles. The molecule has 0 spiro atoms. The maximum absolute atomic E-state index is 12.1. The number of nitrogens with one attached hydrogen (secondary N) is 1. The molecule has 0 amide bonds. The van der Waals surface area contributed by atoms with E-state index in [1.165, 1.54) is 22.9 Å². The minimum Gasteiger partial charge on any atom is -0.365 e. The molecule has 0 heterocycles. The summed E-state index contributed by atoms with van der Waals surface area (Å²) >= 11 is 0. The Labute approximate surface area is 185 Å². The molecule has 3 heteroatoms. The number of ketones is 1. The molecule has 0 saturated heterocycles. The van der Waals surface area contributed by atoms with Crippen LogP contribution >= 0.6 is 0 Å². The van der Waals surface area contributed by atoms with Crippen molar-refractivity contribution in [3.63, 3.8) is 0 Å². The predicted molar refractivity (Wildman–Crippen MR) is 123 cm³/mol. The van der Waals surface area contributed by atoms with Gasteiger partial charge < -0.3 is 10.1 Å². The largest absolute Gasteiger partial charge is 0.365 e. The normalized spacial score (nSPS) is 36.7. The van der Waals surface area contributed by atoms with E-state index in [0.29, 0.717) is 18.3 Å². The number of hydrogen-bond donors (Lipinski definition) is 1. The Balaban J connectivity index is 1.69. The van der Waals surface area contributed by atoms with Gasteiger partial charge in [0, 0.05) is 31.1 Å². The lowest BCUT2D eigenvalue weighted by Crippen LogP contribution is -2.51. The van der Waals surface area contributed by atoms with Gasteiger partial charge in [0.25, 0.3) is 0 Å². The average Bonchev–Trinajstić information content (AvgIpc) is 3.10. The lowest BCUT2D eigenvalue weighted by molar-refractivity contribution is -0.114. The Morgan fingerprint density at radius 2 is 1.97 bits per heavy atom. The van der Waals surface area contributed by atoms with E-state index in [9.17, 15) is 4.79 Å². The Bertz CT molecular complexity index is 1040. The molecular formula is C28H31NO2. The third-order valence-electron chi connectivity index (χ3n) is 8.94. The quantitative estimate of drug-likeness (QED) is 0.518. The van der Waals surface area contributed by atoms with Gasteiger partial charge in [0.05, 0.1) is 0 Å². The number of carbonyl (C=O) groups is 1. The first-order valence-electron chi connectivity index (χ1n) is 11.6. The van der Waals surface area contributed by atoms with Crippen molar-refractivity contribution in [3.05, 3.63) is 58.2 Å². The first kappa shape index (κ1) is 20.5. The Hall–Kier alpha value is -2.44. The van der Waals surface area contributed by atoms with Crippen LogP contribution in [0.3, 0.4) is 0 Å². The zero-order valence-corrected chi connectivity index (χ0v) is 18.5. The Morgan fingerprint density at radius 1 is 1.19 bits per heavy atom. The molecular weight excluding hydrogens is 382 g/mol. The molecule has 1 N–H and O–H groups in total. The first-order chi connectivity index (χ1) is 15.0. The average molecular weight is 414 g/mol. The van der Waals surface area contributed by atoms with Crippen molar-refractivity contribution in [1.29, 1.82) is 5.41 Å². The second-order valence-corrected chi connectivity index (χ2v) is 10.0. The molecule has 5 atom stereocenters. The van der Waals surface area contributed by atoms with Gasteiger partial charge in [-0.25, -0.2) is 0 Å². The lowest BCUT2D eigenvalue weighted by Gasteiger charge is -2.54. The number of rotatable bonds is 3. The number of ether oxygens (including phenoxy) is 1. The summed E-state index contributed by atoms with van der Waals surface area (Å²) in [5, 5.41) is 7.56. The predicted octanol–water partition coefficient (Wildman–Crippen LogP) is 5.60. The van der Waals surface area contributed by atoms with Crippen molar-refractivity contribution in [2.45, 2.75) is 63.4 Å². The fraction of sp³-hybridized carbons (Fsp3) is 0.500. The van der Waals surface area contributed by atoms with E-state index >= 15 is 0 Å². The van der Waals surface area contributed by atoms with E-state index in [1.807, 2.05) is 18.2 Å². The van der Waals surface area contributed by atoms with Gasteiger partial charge in [0.1, 0.15) is 5.60 Å². The SMILES string of the molecule is C#CC1(OC)CCC2C3CCC4=CC(=O)CCC4=C3C(c3ccc(C=N)cc3)CC21C. The molecule has 160 valence electrons. The zero-order chi connectivity index (χ0) is 21.8. The van der Waals surface area contributed by atoms with E-state index in [4.69, 9.17) is 16.6 Å². The maximum Gasteiger partial charge on any atom is 0.156 e. The van der Waals surface area contributed by atoms with Crippen molar-refractivity contribution < 1.29 is 9.53 Å². The fourth-order valence-electron chi connectivity index (χ4n) is 7.40. The molecule has 3 nitrogen and oxygen atoms in total. The van der Waals surface area contributed by atoms with Crippen LogP contribution in [0.5, 0.6) is 0 Å². The second kappa shape index (κ2) is 7.31.